The highest BCUT2D eigenvalue weighted by atomic mass is 19.4. The molecule has 140 valence electrons. The van der Waals surface area contributed by atoms with Gasteiger partial charge in [-0.2, -0.15) is 13.2 Å². The Morgan fingerprint density at radius 1 is 1.11 bits per heavy atom. The third-order valence-electron chi connectivity index (χ3n) is 5.16. The fourth-order valence-electron chi connectivity index (χ4n) is 3.69. The lowest BCUT2D eigenvalue weighted by Gasteiger charge is -2.32. The summed E-state index contributed by atoms with van der Waals surface area (Å²) in [4.78, 5) is 21.8. The van der Waals surface area contributed by atoms with E-state index in [1.807, 2.05) is 18.3 Å². The molecule has 0 atom stereocenters. The van der Waals surface area contributed by atoms with Crippen LogP contribution in [0.1, 0.15) is 40.2 Å². The number of aromatic nitrogens is 2. The molecule has 3 aromatic rings. The quantitative estimate of drug-likeness (QED) is 0.714. The average Bonchev–Trinajstić information content (AvgIpc) is 3.11. The second kappa shape index (κ2) is 6.72. The number of likely N-dealkylation sites (tertiary alicyclic amines) is 1. The van der Waals surface area contributed by atoms with Crippen molar-refractivity contribution in [2.75, 3.05) is 13.1 Å². The summed E-state index contributed by atoms with van der Waals surface area (Å²) in [6.07, 6.45) is 0.959. The second-order valence-electron chi connectivity index (χ2n) is 6.79. The van der Waals surface area contributed by atoms with Crippen molar-refractivity contribution in [2.24, 2.45) is 0 Å². The number of benzene rings is 1. The number of amides is 1. The Balaban J connectivity index is 1.43. The standard InChI is InChI=1S/C20H18F3N3O/c21-20(22,23)15-5-3-14(4-6-15)19(27)26-10-7-13(8-11-26)17-12-25-18-16(17)2-1-9-24-18/h1-6,9,12-13H,7-8,10-11H2,(H,24,25). The van der Waals surface area contributed by atoms with Gasteiger partial charge >= 0.3 is 6.18 Å². The second-order valence-corrected chi connectivity index (χ2v) is 6.79. The van der Waals surface area contributed by atoms with Gasteiger partial charge in [0.1, 0.15) is 5.65 Å². The molecule has 1 fully saturated rings. The molecule has 2 aromatic heterocycles. The predicted octanol–water partition coefficient (Wildman–Crippen LogP) is 4.60. The largest absolute Gasteiger partial charge is 0.416 e. The molecule has 4 rings (SSSR count). The number of H-pyrrole nitrogens is 1. The number of nitrogens with one attached hydrogen (secondary N) is 1. The van der Waals surface area contributed by atoms with Crippen LogP contribution in [0.2, 0.25) is 0 Å². The van der Waals surface area contributed by atoms with Crippen LogP contribution in [0.25, 0.3) is 11.0 Å². The van der Waals surface area contributed by atoms with E-state index >= 15 is 0 Å². The van der Waals surface area contributed by atoms with Crippen LogP contribution < -0.4 is 0 Å². The van der Waals surface area contributed by atoms with Gasteiger partial charge in [0.05, 0.1) is 5.56 Å². The zero-order chi connectivity index (χ0) is 19.0. The normalized spacial score (nSPS) is 16.0. The molecule has 0 radical (unpaired) electrons. The van der Waals surface area contributed by atoms with Crippen LogP contribution >= 0.6 is 0 Å². The van der Waals surface area contributed by atoms with Crippen LogP contribution in [0.15, 0.2) is 48.8 Å². The Labute approximate surface area is 154 Å². The first-order chi connectivity index (χ1) is 12.9. The summed E-state index contributed by atoms with van der Waals surface area (Å²) in [5, 5.41) is 1.10. The van der Waals surface area contributed by atoms with E-state index in [9.17, 15) is 18.0 Å². The molecular formula is C20H18F3N3O. The summed E-state index contributed by atoms with van der Waals surface area (Å²) in [5.74, 6) is 0.113. The topological polar surface area (TPSA) is 49.0 Å². The monoisotopic (exact) mass is 373 g/mol. The number of carbonyl (C=O) groups excluding carboxylic acids is 1. The van der Waals surface area contributed by atoms with Crippen LogP contribution in [0.3, 0.4) is 0 Å². The molecule has 1 aromatic carbocycles. The Morgan fingerprint density at radius 2 is 1.81 bits per heavy atom. The lowest BCUT2D eigenvalue weighted by Crippen LogP contribution is -2.37. The fourth-order valence-corrected chi connectivity index (χ4v) is 3.69. The summed E-state index contributed by atoms with van der Waals surface area (Å²) in [6.45, 7) is 1.16. The van der Waals surface area contributed by atoms with Crippen LogP contribution in [0.5, 0.6) is 0 Å². The highest BCUT2D eigenvalue weighted by Gasteiger charge is 2.31. The number of carbonyl (C=O) groups is 1. The molecular weight excluding hydrogens is 355 g/mol. The van der Waals surface area contributed by atoms with E-state index in [2.05, 4.69) is 9.97 Å². The number of rotatable bonds is 2. The van der Waals surface area contributed by atoms with Gasteiger partial charge < -0.3 is 9.88 Å². The first-order valence-electron chi connectivity index (χ1n) is 8.82. The zero-order valence-electron chi connectivity index (χ0n) is 14.5. The number of fused-ring (bicyclic) bond motifs is 1. The first-order valence-corrected chi connectivity index (χ1v) is 8.82. The Kier molecular flexibility index (Phi) is 4.37. The van der Waals surface area contributed by atoms with E-state index in [0.29, 0.717) is 19.0 Å². The highest BCUT2D eigenvalue weighted by Crippen LogP contribution is 2.33. The molecule has 0 spiro atoms. The molecule has 1 N–H and O–H groups in total. The molecule has 1 aliphatic rings. The molecule has 0 saturated carbocycles. The van der Waals surface area contributed by atoms with Crippen molar-refractivity contribution in [1.29, 1.82) is 0 Å². The van der Waals surface area contributed by atoms with Gasteiger partial charge in [-0.3, -0.25) is 4.79 Å². The van der Waals surface area contributed by atoms with Gasteiger partial charge in [-0.25, -0.2) is 4.98 Å². The van der Waals surface area contributed by atoms with Gasteiger partial charge in [-0.15, -0.1) is 0 Å². The van der Waals surface area contributed by atoms with Crippen molar-refractivity contribution in [1.82, 2.24) is 14.9 Å². The summed E-state index contributed by atoms with van der Waals surface area (Å²) in [6, 6.07) is 8.36. The summed E-state index contributed by atoms with van der Waals surface area (Å²) < 4.78 is 38.0. The van der Waals surface area contributed by atoms with Crippen LogP contribution in [-0.4, -0.2) is 33.9 Å². The predicted molar refractivity (Wildman–Crippen MR) is 95.4 cm³/mol. The number of alkyl halides is 3. The van der Waals surface area contributed by atoms with Crippen LogP contribution in [-0.2, 0) is 6.18 Å². The lowest BCUT2D eigenvalue weighted by atomic mass is 9.89. The fraction of sp³-hybridized carbons (Fsp3) is 0.300. The van der Waals surface area contributed by atoms with Gasteiger partial charge in [0.25, 0.3) is 5.91 Å². The molecule has 0 unspecified atom stereocenters. The smallest absolute Gasteiger partial charge is 0.346 e. The number of piperidine rings is 1. The van der Waals surface area contributed by atoms with Crippen molar-refractivity contribution in [3.8, 4) is 0 Å². The van der Waals surface area contributed by atoms with Crippen molar-refractivity contribution in [3.63, 3.8) is 0 Å². The van der Waals surface area contributed by atoms with Gasteiger partial charge in [-0.05, 0) is 60.7 Å². The minimum Gasteiger partial charge on any atom is -0.346 e. The molecule has 27 heavy (non-hydrogen) atoms. The van der Waals surface area contributed by atoms with Gasteiger partial charge in [0, 0.05) is 36.4 Å². The molecule has 4 nitrogen and oxygen atoms in total. The Morgan fingerprint density at radius 3 is 2.48 bits per heavy atom. The molecule has 1 saturated heterocycles. The molecule has 0 bridgehead atoms. The third-order valence-corrected chi connectivity index (χ3v) is 5.16. The van der Waals surface area contributed by atoms with Gasteiger partial charge in [0.15, 0.2) is 0 Å². The van der Waals surface area contributed by atoms with Crippen LogP contribution in [0.4, 0.5) is 13.2 Å². The minimum absolute atomic E-state index is 0.220. The summed E-state index contributed by atoms with van der Waals surface area (Å²) in [5.41, 5.74) is 1.61. The van der Waals surface area contributed by atoms with E-state index in [-0.39, 0.29) is 11.5 Å². The zero-order valence-corrected chi connectivity index (χ0v) is 14.5. The van der Waals surface area contributed by atoms with E-state index in [1.54, 1.807) is 11.1 Å². The van der Waals surface area contributed by atoms with E-state index in [1.165, 1.54) is 17.7 Å². The van der Waals surface area contributed by atoms with Crippen molar-refractivity contribution < 1.29 is 18.0 Å². The maximum absolute atomic E-state index is 12.7. The van der Waals surface area contributed by atoms with E-state index < -0.39 is 11.7 Å². The maximum Gasteiger partial charge on any atom is 0.416 e. The molecule has 0 aliphatic carbocycles. The van der Waals surface area contributed by atoms with Crippen LogP contribution in [0, 0.1) is 0 Å². The SMILES string of the molecule is O=C(c1ccc(C(F)(F)F)cc1)N1CCC(c2c[nH]c3ncccc23)CC1. The van der Waals surface area contributed by atoms with Crippen molar-refractivity contribution >= 4 is 16.9 Å². The third kappa shape index (κ3) is 3.41. The van der Waals surface area contributed by atoms with Crippen molar-refractivity contribution in [3.05, 3.63) is 65.5 Å². The minimum atomic E-state index is -4.39. The maximum atomic E-state index is 12.7. The Hall–Kier alpha value is -2.83. The first kappa shape index (κ1) is 17.6. The summed E-state index contributed by atoms with van der Waals surface area (Å²) >= 11 is 0. The lowest BCUT2D eigenvalue weighted by molar-refractivity contribution is -0.137. The number of halogens is 3. The molecule has 1 aliphatic heterocycles. The average molecular weight is 373 g/mol. The van der Waals surface area contributed by atoms with Crippen molar-refractivity contribution in [2.45, 2.75) is 24.9 Å². The molecule has 3 heterocycles. The number of hydrogen-bond donors (Lipinski definition) is 1. The Bertz CT molecular complexity index is 955. The van der Waals surface area contributed by atoms with Gasteiger partial charge in [-0.1, -0.05) is 0 Å². The van der Waals surface area contributed by atoms with E-state index in [0.717, 1.165) is 36.0 Å². The molecule has 7 heteroatoms. The number of aromatic amines is 1. The highest BCUT2D eigenvalue weighted by molar-refractivity contribution is 5.94. The van der Waals surface area contributed by atoms with E-state index in [4.69, 9.17) is 0 Å². The van der Waals surface area contributed by atoms with Gasteiger partial charge in [0.2, 0.25) is 0 Å². The summed E-state index contributed by atoms with van der Waals surface area (Å²) in [7, 11) is 0. The molecule has 1 amide bonds. The number of hydrogen-bond acceptors (Lipinski definition) is 2. The number of nitrogens with zero attached hydrogens (tertiary/aromatic N) is 2. The number of pyridine rings is 1.